The minimum atomic E-state index is 0.0306. The first-order valence-corrected chi connectivity index (χ1v) is 7.27. The SMILES string of the molecule is CC1CCC(N(C)C(=O)C2CNCCN2C)CC1. The molecule has 0 aromatic rings. The standard InChI is InChI=1S/C14H27N3O/c1-11-4-6-12(7-5-11)17(3)14(18)13-10-15-8-9-16(13)2/h11-13,15H,4-10H2,1-3H3. The van der Waals surface area contributed by atoms with Gasteiger partial charge in [0.25, 0.3) is 0 Å². The molecule has 1 aliphatic heterocycles. The Morgan fingerprint density at radius 2 is 1.94 bits per heavy atom. The van der Waals surface area contributed by atoms with Crippen LogP contribution in [0.5, 0.6) is 0 Å². The van der Waals surface area contributed by atoms with E-state index in [0.717, 1.165) is 25.6 Å². The first-order chi connectivity index (χ1) is 8.59. The zero-order chi connectivity index (χ0) is 13.1. The molecule has 1 saturated heterocycles. The van der Waals surface area contributed by atoms with Crippen LogP contribution in [0, 0.1) is 5.92 Å². The van der Waals surface area contributed by atoms with Crippen molar-refractivity contribution in [3.05, 3.63) is 0 Å². The Bertz CT molecular complexity index is 287. The Hall–Kier alpha value is -0.610. The van der Waals surface area contributed by atoms with Crippen molar-refractivity contribution < 1.29 is 4.79 Å². The fourth-order valence-electron chi connectivity index (χ4n) is 3.13. The van der Waals surface area contributed by atoms with E-state index in [1.807, 2.05) is 11.9 Å². The van der Waals surface area contributed by atoms with E-state index < -0.39 is 0 Å². The summed E-state index contributed by atoms with van der Waals surface area (Å²) in [5, 5.41) is 3.32. The molecule has 1 aliphatic carbocycles. The predicted molar refractivity (Wildman–Crippen MR) is 73.5 cm³/mol. The number of carbonyl (C=O) groups excluding carboxylic acids is 1. The molecule has 1 heterocycles. The first kappa shape index (κ1) is 13.8. The smallest absolute Gasteiger partial charge is 0.241 e. The number of likely N-dealkylation sites (N-methyl/N-ethyl adjacent to an activating group) is 2. The molecule has 4 heteroatoms. The van der Waals surface area contributed by atoms with E-state index in [4.69, 9.17) is 0 Å². The van der Waals surface area contributed by atoms with E-state index in [2.05, 4.69) is 24.2 Å². The van der Waals surface area contributed by atoms with Crippen molar-refractivity contribution in [2.75, 3.05) is 33.7 Å². The number of carbonyl (C=O) groups is 1. The Balaban J connectivity index is 1.91. The van der Waals surface area contributed by atoms with Gasteiger partial charge in [0.1, 0.15) is 6.04 Å². The van der Waals surface area contributed by atoms with Gasteiger partial charge in [-0.2, -0.15) is 0 Å². The third-order valence-corrected chi connectivity index (χ3v) is 4.68. The van der Waals surface area contributed by atoms with Gasteiger partial charge in [-0.3, -0.25) is 9.69 Å². The largest absolute Gasteiger partial charge is 0.341 e. The highest BCUT2D eigenvalue weighted by atomic mass is 16.2. The quantitative estimate of drug-likeness (QED) is 0.795. The summed E-state index contributed by atoms with van der Waals surface area (Å²) in [6, 6.07) is 0.493. The maximum atomic E-state index is 12.5. The lowest BCUT2D eigenvalue weighted by Gasteiger charge is -2.39. The minimum Gasteiger partial charge on any atom is -0.341 e. The predicted octanol–water partition coefficient (Wildman–Crippen LogP) is 0.927. The lowest BCUT2D eigenvalue weighted by Crippen LogP contribution is -2.58. The molecular weight excluding hydrogens is 226 g/mol. The summed E-state index contributed by atoms with van der Waals surface area (Å²) in [7, 11) is 4.05. The molecule has 2 fully saturated rings. The van der Waals surface area contributed by atoms with Crippen molar-refractivity contribution in [2.45, 2.75) is 44.7 Å². The van der Waals surface area contributed by atoms with Crippen molar-refractivity contribution in [2.24, 2.45) is 5.92 Å². The number of rotatable bonds is 2. The number of amides is 1. The maximum Gasteiger partial charge on any atom is 0.241 e. The summed E-state index contributed by atoms with van der Waals surface area (Å²) in [5.41, 5.74) is 0. The average molecular weight is 253 g/mol. The number of hydrogen-bond acceptors (Lipinski definition) is 3. The second-order valence-electron chi connectivity index (χ2n) is 6.06. The van der Waals surface area contributed by atoms with Gasteiger partial charge in [-0.15, -0.1) is 0 Å². The molecule has 0 aromatic carbocycles. The van der Waals surface area contributed by atoms with E-state index in [1.54, 1.807) is 0 Å². The van der Waals surface area contributed by atoms with Crippen LogP contribution in [0.25, 0.3) is 0 Å². The van der Waals surface area contributed by atoms with Gasteiger partial charge in [-0.1, -0.05) is 6.92 Å². The third kappa shape index (κ3) is 3.04. The van der Waals surface area contributed by atoms with Crippen molar-refractivity contribution in [3.8, 4) is 0 Å². The molecule has 4 nitrogen and oxygen atoms in total. The fraction of sp³-hybridized carbons (Fsp3) is 0.929. The van der Waals surface area contributed by atoms with Crippen molar-refractivity contribution >= 4 is 5.91 Å². The van der Waals surface area contributed by atoms with Crippen LogP contribution < -0.4 is 5.32 Å². The van der Waals surface area contributed by atoms with Crippen molar-refractivity contribution in [1.29, 1.82) is 0 Å². The van der Waals surface area contributed by atoms with Gasteiger partial charge < -0.3 is 10.2 Å². The fourth-order valence-corrected chi connectivity index (χ4v) is 3.13. The molecule has 1 atom stereocenters. The van der Waals surface area contributed by atoms with Crippen molar-refractivity contribution in [1.82, 2.24) is 15.1 Å². The van der Waals surface area contributed by atoms with Gasteiger partial charge in [0.2, 0.25) is 5.91 Å². The molecule has 1 N–H and O–H groups in total. The monoisotopic (exact) mass is 253 g/mol. The molecule has 1 unspecified atom stereocenters. The van der Waals surface area contributed by atoms with Crippen LogP contribution >= 0.6 is 0 Å². The van der Waals surface area contributed by atoms with E-state index in [9.17, 15) is 4.79 Å². The lowest BCUT2D eigenvalue weighted by atomic mass is 9.86. The summed E-state index contributed by atoms with van der Waals surface area (Å²) in [4.78, 5) is 16.7. The van der Waals surface area contributed by atoms with Crippen LogP contribution in [0.15, 0.2) is 0 Å². The summed E-state index contributed by atoms with van der Waals surface area (Å²) in [6.45, 7) is 5.07. The Labute approximate surface area is 111 Å². The van der Waals surface area contributed by atoms with E-state index in [-0.39, 0.29) is 6.04 Å². The van der Waals surface area contributed by atoms with Crippen LogP contribution in [0.1, 0.15) is 32.6 Å². The number of hydrogen-bond donors (Lipinski definition) is 1. The van der Waals surface area contributed by atoms with Gasteiger partial charge in [0, 0.05) is 32.7 Å². The molecule has 2 aliphatic rings. The van der Waals surface area contributed by atoms with Gasteiger partial charge in [-0.05, 0) is 38.6 Å². The average Bonchev–Trinajstić information content (AvgIpc) is 2.38. The topological polar surface area (TPSA) is 35.6 Å². The Morgan fingerprint density at radius 1 is 1.28 bits per heavy atom. The van der Waals surface area contributed by atoms with Crippen LogP contribution in [0.3, 0.4) is 0 Å². The Kier molecular flexibility index (Phi) is 4.62. The highest BCUT2D eigenvalue weighted by Crippen LogP contribution is 2.27. The van der Waals surface area contributed by atoms with Crippen LogP contribution in [-0.4, -0.2) is 61.5 Å². The van der Waals surface area contributed by atoms with Crippen LogP contribution in [0.2, 0.25) is 0 Å². The summed E-state index contributed by atoms with van der Waals surface area (Å²) < 4.78 is 0. The second kappa shape index (κ2) is 6.02. The zero-order valence-electron chi connectivity index (χ0n) is 12.0. The van der Waals surface area contributed by atoms with E-state index >= 15 is 0 Å². The second-order valence-corrected chi connectivity index (χ2v) is 6.06. The van der Waals surface area contributed by atoms with Gasteiger partial charge in [0.05, 0.1) is 0 Å². The third-order valence-electron chi connectivity index (χ3n) is 4.68. The van der Waals surface area contributed by atoms with E-state index in [1.165, 1.54) is 25.7 Å². The highest BCUT2D eigenvalue weighted by molar-refractivity contribution is 5.82. The minimum absolute atomic E-state index is 0.0306. The molecule has 104 valence electrons. The first-order valence-electron chi connectivity index (χ1n) is 7.27. The molecule has 0 bridgehead atoms. The van der Waals surface area contributed by atoms with Gasteiger partial charge >= 0.3 is 0 Å². The van der Waals surface area contributed by atoms with Gasteiger partial charge in [0.15, 0.2) is 0 Å². The normalized spacial score (nSPS) is 34.3. The molecule has 0 radical (unpaired) electrons. The molecule has 1 saturated carbocycles. The lowest BCUT2D eigenvalue weighted by molar-refractivity contribution is -0.138. The van der Waals surface area contributed by atoms with Gasteiger partial charge in [-0.25, -0.2) is 0 Å². The van der Waals surface area contributed by atoms with Crippen LogP contribution in [-0.2, 0) is 4.79 Å². The molecule has 18 heavy (non-hydrogen) atoms. The zero-order valence-corrected chi connectivity index (χ0v) is 12.0. The molecule has 1 amide bonds. The molecular formula is C14H27N3O. The molecule has 0 spiro atoms. The number of nitrogens with zero attached hydrogens (tertiary/aromatic N) is 2. The molecule has 2 rings (SSSR count). The number of nitrogens with one attached hydrogen (secondary N) is 1. The maximum absolute atomic E-state index is 12.5. The highest BCUT2D eigenvalue weighted by Gasteiger charge is 2.32. The van der Waals surface area contributed by atoms with E-state index in [0.29, 0.717) is 11.9 Å². The Morgan fingerprint density at radius 3 is 2.56 bits per heavy atom. The summed E-state index contributed by atoms with van der Waals surface area (Å²) in [5.74, 6) is 1.13. The van der Waals surface area contributed by atoms with Crippen LogP contribution in [0.4, 0.5) is 0 Å². The number of piperazine rings is 1. The van der Waals surface area contributed by atoms with Crippen molar-refractivity contribution in [3.63, 3.8) is 0 Å². The summed E-state index contributed by atoms with van der Waals surface area (Å²) in [6.07, 6.45) is 4.88. The summed E-state index contributed by atoms with van der Waals surface area (Å²) >= 11 is 0. The molecule has 0 aromatic heterocycles.